The maximum atomic E-state index is 12.6. The van der Waals surface area contributed by atoms with Crippen LogP contribution in [0.2, 0.25) is 0 Å². The number of hydrogen-bond donors (Lipinski definition) is 1. The number of nitrogens with one attached hydrogen (secondary N) is 1. The summed E-state index contributed by atoms with van der Waals surface area (Å²) in [6.07, 6.45) is 1.89. The zero-order valence-electron chi connectivity index (χ0n) is 12.3. The van der Waals surface area contributed by atoms with Gasteiger partial charge in [-0.3, -0.25) is 10.1 Å². The Bertz CT molecular complexity index is 523. The average Bonchev–Trinajstić information content (AvgIpc) is 3.17. The van der Waals surface area contributed by atoms with Gasteiger partial charge in [0.1, 0.15) is 17.5 Å². The number of nitrogens with zero attached hydrogens (tertiary/aromatic N) is 1. The molecule has 1 N–H and O–H groups in total. The summed E-state index contributed by atoms with van der Waals surface area (Å²) in [4.78, 5) is 14.6. The van der Waals surface area contributed by atoms with Crippen LogP contribution in [-0.4, -0.2) is 30.0 Å². The molecule has 1 spiro atoms. The van der Waals surface area contributed by atoms with E-state index in [0.29, 0.717) is 5.92 Å². The van der Waals surface area contributed by atoms with Crippen LogP contribution >= 0.6 is 0 Å². The van der Waals surface area contributed by atoms with Gasteiger partial charge in [-0.25, -0.2) is 0 Å². The first kappa shape index (κ1) is 13.4. The van der Waals surface area contributed by atoms with E-state index in [1.54, 1.807) is 7.11 Å². The molecule has 1 aromatic rings. The van der Waals surface area contributed by atoms with Crippen molar-refractivity contribution in [2.75, 3.05) is 13.7 Å². The number of benzene rings is 1. The predicted molar refractivity (Wildman–Crippen MR) is 77.4 cm³/mol. The minimum Gasteiger partial charge on any atom is -0.497 e. The molecule has 1 saturated heterocycles. The maximum absolute atomic E-state index is 12.6. The summed E-state index contributed by atoms with van der Waals surface area (Å²) in [6, 6.07) is 7.98. The van der Waals surface area contributed by atoms with E-state index in [0.717, 1.165) is 30.7 Å². The number of amides is 1. The van der Waals surface area contributed by atoms with Gasteiger partial charge in [0, 0.05) is 6.54 Å². The fourth-order valence-electron chi connectivity index (χ4n) is 2.93. The number of ether oxygens (including phenoxy) is 1. The summed E-state index contributed by atoms with van der Waals surface area (Å²) < 4.78 is 5.29. The first-order valence-electron chi connectivity index (χ1n) is 7.28. The predicted octanol–water partition coefficient (Wildman–Crippen LogP) is 2.31. The molecule has 2 fully saturated rings. The van der Waals surface area contributed by atoms with E-state index in [9.17, 15) is 4.79 Å². The van der Waals surface area contributed by atoms with Gasteiger partial charge in [0.2, 0.25) is 5.91 Å². The second-order valence-corrected chi connectivity index (χ2v) is 6.26. The first-order chi connectivity index (χ1) is 9.55. The molecular formula is C16H22N2O2. The van der Waals surface area contributed by atoms with E-state index < -0.39 is 0 Å². The van der Waals surface area contributed by atoms with Crippen LogP contribution < -0.4 is 10.1 Å². The quantitative estimate of drug-likeness (QED) is 0.916. The molecule has 20 heavy (non-hydrogen) atoms. The fraction of sp³-hybridized carbons (Fsp3) is 0.562. The molecule has 108 valence electrons. The highest BCUT2D eigenvalue weighted by Crippen LogP contribution is 2.46. The topological polar surface area (TPSA) is 41.6 Å². The van der Waals surface area contributed by atoms with Gasteiger partial charge < -0.3 is 9.64 Å². The molecular weight excluding hydrogens is 252 g/mol. The number of carbonyl (C=O) groups excluding carboxylic acids is 1. The smallest absolute Gasteiger partial charge is 0.244 e. The Labute approximate surface area is 120 Å². The van der Waals surface area contributed by atoms with Crippen LogP contribution in [0.4, 0.5) is 0 Å². The maximum Gasteiger partial charge on any atom is 0.244 e. The fourth-order valence-corrected chi connectivity index (χ4v) is 2.93. The van der Waals surface area contributed by atoms with Gasteiger partial charge in [-0.1, -0.05) is 26.0 Å². The largest absolute Gasteiger partial charge is 0.497 e. The minimum absolute atomic E-state index is 0.0255. The van der Waals surface area contributed by atoms with Crippen molar-refractivity contribution in [3.63, 3.8) is 0 Å². The van der Waals surface area contributed by atoms with E-state index in [-0.39, 0.29) is 17.6 Å². The molecule has 1 aromatic carbocycles. The standard InChI is InChI=1S/C16H22N2O2/c1-11(2)10-18-14(17-16(7-8-16)15(18)19)12-5-4-6-13(9-12)20-3/h4-6,9,11,14,17H,7-8,10H2,1-3H3. The molecule has 4 heteroatoms. The third kappa shape index (κ3) is 2.18. The summed E-state index contributed by atoms with van der Waals surface area (Å²) in [5.74, 6) is 1.56. The van der Waals surface area contributed by atoms with Crippen molar-refractivity contribution in [3.8, 4) is 5.75 Å². The van der Waals surface area contributed by atoms with Crippen molar-refractivity contribution >= 4 is 5.91 Å². The Kier molecular flexibility index (Phi) is 3.21. The highest BCUT2D eigenvalue weighted by Gasteiger charge is 2.59. The van der Waals surface area contributed by atoms with Gasteiger partial charge in [-0.2, -0.15) is 0 Å². The molecule has 4 nitrogen and oxygen atoms in total. The summed E-state index contributed by atoms with van der Waals surface area (Å²) in [5, 5.41) is 3.53. The molecule has 1 saturated carbocycles. The molecule has 1 aliphatic carbocycles. The lowest BCUT2D eigenvalue weighted by molar-refractivity contribution is -0.131. The van der Waals surface area contributed by atoms with Gasteiger partial charge in [0.15, 0.2) is 0 Å². The van der Waals surface area contributed by atoms with Crippen molar-refractivity contribution < 1.29 is 9.53 Å². The summed E-state index contributed by atoms with van der Waals surface area (Å²) in [7, 11) is 1.67. The Morgan fingerprint density at radius 1 is 1.45 bits per heavy atom. The third-order valence-corrected chi connectivity index (χ3v) is 4.12. The lowest BCUT2D eigenvalue weighted by Gasteiger charge is -2.26. The molecule has 2 aliphatic rings. The van der Waals surface area contributed by atoms with Crippen LogP contribution in [0.15, 0.2) is 24.3 Å². The lowest BCUT2D eigenvalue weighted by atomic mass is 10.1. The lowest BCUT2D eigenvalue weighted by Crippen LogP contribution is -2.34. The van der Waals surface area contributed by atoms with Crippen LogP contribution in [0.3, 0.4) is 0 Å². The van der Waals surface area contributed by atoms with Crippen LogP contribution in [-0.2, 0) is 4.79 Å². The van der Waals surface area contributed by atoms with Gasteiger partial charge in [0.05, 0.1) is 7.11 Å². The Hall–Kier alpha value is -1.55. The van der Waals surface area contributed by atoms with Crippen LogP contribution in [0.5, 0.6) is 5.75 Å². The van der Waals surface area contributed by atoms with Crippen molar-refractivity contribution in [3.05, 3.63) is 29.8 Å². The second-order valence-electron chi connectivity index (χ2n) is 6.26. The van der Waals surface area contributed by atoms with E-state index in [1.807, 2.05) is 23.1 Å². The first-order valence-corrected chi connectivity index (χ1v) is 7.28. The molecule has 0 radical (unpaired) electrons. The highest BCUT2D eigenvalue weighted by molar-refractivity contribution is 5.92. The summed E-state index contributed by atoms with van der Waals surface area (Å²) in [6.45, 7) is 5.08. The van der Waals surface area contributed by atoms with E-state index in [2.05, 4.69) is 25.2 Å². The van der Waals surface area contributed by atoms with Crippen molar-refractivity contribution in [1.29, 1.82) is 0 Å². The highest BCUT2D eigenvalue weighted by atomic mass is 16.5. The van der Waals surface area contributed by atoms with Gasteiger partial charge in [-0.15, -0.1) is 0 Å². The Morgan fingerprint density at radius 2 is 2.20 bits per heavy atom. The molecule has 1 heterocycles. The van der Waals surface area contributed by atoms with Crippen LogP contribution in [0.25, 0.3) is 0 Å². The molecule has 1 amide bonds. The number of hydrogen-bond acceptors (Lipinski definition) is 3. The molecule has 1 aliphatic heterocycles. The SMILES string of the molecule is COc1cccc(C2NC3(CC3)C(=O)N2CC(C)C)c1. The van der Waals surface area contributed by atoms with Crippen molar-refractivity contribution in [2.45, 2.75) is 38.4 Å². The Morgan fingerprint density at radius 3 is 2.80 bits per heavy atom. The van der Waals surface area contributed by atoms with E-state index in [4.69, 9.17) is 4.74 Å². The van der Waals surface area contributed by atoms with Gasteiger partial charge in [0.25, 0.3) is 0 Å². The molecule has 1 unspecified atom stereocenters. The van der Waals surface area contributed by atoms with Crippen LogP contribution in [0, 0.1) is 5.92 Å². The molecule has 0 aromatic heterocycles. The monoisotopic (exact) mass is 274 g/mol. The third-order valence-electron chi connectivity index (χ3n) is 4.12. The zero-order valence-corrected chi connectivity index (χ0v) is 12.3. The minimum atomic E-state index is -0.275. The zero-order chi connectivity index (χ0) is 14.3. The van der Waals surface area contributed by atoms with Gasteiger partial charge >= 0.3 is 0 Å². The molecule has 1 atom stereocenters. The normalized spacial score (nSPS) is 23.7. The number of carbonyl (C=O) groups is 1. The average molecular weight is 274 g/mol. The second kappa shape index (κ2) is 4.77. The summed E-state index contributed by atoms with van der Waals surface area (Å²) >= 11 is 0. The van der Waals surface area contributed by atoms with Crippen molar-refractivity contribution in [2.24, 2.45) is 5.92 Å². The van der Waals surface area contributed by atoms with E-state index in [1.165, 1.54) is 0 Å². The summed E-state index contributed by atoms with van der Waals surface area (Å²) in [5.41, 5.74) is 0.824. The number of methoxy groups -OCH3 is 1. The number of rotatable bonds is 4. The van der Waals surface area contributed by atoms with Gasteiger partial charge in [-0.05, 0) is 36.5 Å². The van der Waals surface area contributed by atoms with Crippen molar-refractivity contribution in [1.82, 2.24) is 10.2 Å². The molecule has 3 rings (SSSR count). The Balaban J connectivity index is 1.91. The van der Waals surface area contributed by atoms with E-state index >= 15 is 0 Å². The van der Waals surface area contributed by atoms with Crippen LogP contribution in [0.1, 0.15) is 38.4 Å². The molecule has 0 bridgehead atoms.